The molecule has 142 valence electrons. The van der Waals surface area contributed by atoms with Crippen LogP contribution in [0.1, 0.15) is 37.2 Å². The number of rotatable bonds is 3. The molecule has 2 fully saturated rings. The molecule has 1 amide bonds. The van der Waals surface area contributed by atoms with E-state index in [2.05, 4.69) is 50.5 Å². The smallest absolute Gasteiger partial charge is 0.290 e. The highest BCUT2D eigenvalue weighted by Crippen LogP contribution is 2.27. The normalized spacial score (nSPS) is 19.0. The zero-order valence-electron chi connectivity index (χ0n) is 15.2. The van der Waals surface area contributed by atoms with Gasteiger partial charge in [-0.2, -0.15) is 0 Å². The van der Waals surface area contributed by atoms with E-state index < -0.39 is 0 Å². The van der Waals surface area contributed by atoms with Gasteiger partial charge in [0, 0.05) is 43.6 Å². The van der Waals surface area contributed by atoms with Crippen molar-refractivity contribution in [3.05, 3.63) is 42.2 Å². The molecule has 2 aromatic rings. The summed E-state index contributed by atoms with van der Waals surface area (Å²) in [6.07, 6.45) is 6.04. The number of nitrogens with zero attached hydrogens (tertiary/aromatic N) is 3. The molecular weight excluding hydrogens is 344 g/mol. The Hall–Kier alpha value is -2.96. The van der Waals surface area contributed by atoms with Gasteiger partial charge in [0.25, 0.3) is 6.47 Å². The molecule has 7 nitrogen and oxygen atoms in total. The van der Waals surface area contributed by atoms with Crippen LogP contribution in [0.15, 0.2) is 36.7 Å². The molecule has 2 N–H and O–H groups in total. The second-order valence-electron chi connectivity index (χ2n) is 6.74. The molecule has 0 aliphatic carbocycles. The third kappa shape index (κ3) is 4.81. The van der Waals surface area contributed by atoms with Gasteiger partial charge in [-0.15, -0.1) is 0 Å². The highest BCUT2D eigenvalue weighted by Gasteiger charge is 2.22. The molecule has 2 aliphatic rings. The van der Waals surface area contributed by atoms with Gasteiger partial charge in [0.05, 0.1) is 5.69 Å². The standard InChI is InChI=1S/C19H22N4O.CH2O2/c24-19-10-16(12-20-19)14-4-6-15(7-5-14)17-11-18(22-13-21-17)23-8-2-1-3-9-23;2-1-3/h4-7,11,13,16H,1-3,8-10,12H2,(H,20,24);1H,(H,2,3). The van der Waals surface area contributed by atoms with E-state index in [-0.39, 0.29) is 12.4 Å². The first kappa shape index (κ1) is 18.8. The quantitative estimate of drug-likeness (QED) is 0.808. The number of hydrogen-bond donors (Lipinski definition) is 2. The highest BCUT2D eigenvalue weighted by atomic mass is 16.3. The van der Waals surface area contributed by atoms with E-state index in [0.717, 1.165) is 36.7 Å². The SMILES string of the molecule is O=C1CC(c2ccc(-c3cc(N4CCCCC4)ncn3)cc2)CN1.O=CO. The first-order valence-electron chi connectivity index (χ1n) is 9.23. The van der Waals surface area contributed by atoms with E-state index >= 15 is 0 Å². The minimum Gasteiger partial charge on any atom is -0.483 e. The number of aromatic nitrogens is 2. The number of amides is 1. The topological polar surface area (TPSA) is 95.4 Å². The molecule has 3 heterocycles. The highest BCUT2D eigenvalue weighted by molar-refractivity contribution is 5.79. The number of benzene rings is 1. The van der Waals surface area contributed by atoms with Crippen LogP contribution in [-0.2, 0) is 9.59 Å². The van der Waals surface area contributed by atoms with Gasteiger partial charge < -0.3 is 15.3 Å². The minimum absolute atomic E-state index is 0.144. The third-order valence-corrected chi connectivity index (χ3v) is 4.99. The lowest BCUT2D eigenvalue weighted by molar-refractivity contribution is -0.123. The zero-order valence-corrected chi connectivity index (χ0v) is 15.2. The van der Waals surface area contributed by atoms with Gasteiger partial charge in [-0.25, -0.2) is 9.97 Å². The predicted octanol–water partition coefficient (Wildman–Crippen LogP) is 2.44. The van der Waals surface area contributed by atoms with Crippen LogP contribution in [0.3, 0.4) is 0 Å². The fourth-order valence-electron chi connectivity index (χ4n) is 3.57. The molecule has 2 saturated heterocycles. The van der Waals surface area contributed by atoms with E-state index in [1.165, 1.54) is 24.8 Å². The molecule has 1 aromatic carbocycles. The maximum absolute atomic E-state index is 11.4. The Morgan fingerprint density at radius 2 is 1.81 bits per heavy atom. The van der Waals surface area contributed by atoms with Gasteiger partial charge in [-0.1, -0.05) is 24.3 Å². The lowest BCUT2D eigenvalue weighted by atomic mass is 9.96. The van der Waals surface area contributed by atoms with Gasteiger partial charge in [0.15, 0.2) is 0 Å². The fourth-order valence-corrected chi connectivity index (χ4v) is 3.57. The van der Waals surface area contributed by atoms with Gasteiger partial charge in [-0.05, 0) is 24.8 Å². The molecule has 0 spiro atoms. The van der Waals surface area contributed by atoms with E-state index in [1.807, 2.05) is 0 Å². The Balaban J connectivity index is 0.000000659. The van der Waals surface area contributed by atoms with Crippen LogP contribution >= 0.6 is 0 Å². The number of carboxylic acid groups (broad SMARTS) is 1. The molecule has 0 bridgehead atoms. The van der Waals surface area contributed by atoms with Crippen molar-refractivity contribution in [3.8, 4) is 11.3 Å². The maximum atomic E-state index is 11.4. The van der Waals surface area contributed by atoms with Gasteiger partial charge >= 0.3 is 0 Å². The van der Waals surface area contributed by atoms with Crippen LogP contribution < -0.4 is 10.2 Å². The molecule has 0 saturated carbocycles. The van der Waals surface area contributed by atoms with Gasteiger partial charge in [0.1, 0.15) is 12.1 Å². The Morgan fingerprint density at radius 1 is 1.11 bits per heavy atom. The summed E-state index contributed by atoms with van der Waals surface area (Å²) in [5.41, 5.74) is 3.26. The monoisotopic (exact) mass is 368 g/mol. The van der Waals surface area contributed by atoms with Gasteiger partial charge in [0.2, 0.25) is 5.91 Å². The largest absolute Gasteiger partial charge is 0.483 e. The van der Waals surface area contributed by atoms with Crippen LogP contribution in [-0.4, -0.2) is 47.1 Å². The van der Waals surface area contributed by atoms with Gasteiger partial charge in [-0.3, -0.25) is 9.59 Å². The maximum Gasteiger partial charge on any atom is 0.290 e. The van der Waals surface area contributed by atoms with Crippen molar-refractivity contribution >= 4 is 18.2 Å². The molecule has 2 aliphatic heterocycles. The summed E-state index contributed by atoms with van der Waals surface area (Å²) in [6.45, 7) is 2.65. The predicted molar refractivity (Wildman–Crippen MR) is 103 cm³/mol. The number of piperidine rings is 1. The number of carbonyl (C=O) groups excluding carboxylic acids is 1. The third-order valence-electron chi connectivity index (χ3n) is 4.99. The van der Waals surface area contributed by atoms with Crippen molar-refractivity contribution in [2.75, 3.05) is 24.5 Å². The van der Waals surface area contributed by atoms with Crippen LogP contribution in [0.2, 0.25) is 0 Å². The van der Waals surface area contributed by atoms with E-state index in [9.17, 15) is 4.79 Å². The van der Waals surface area contributed by atoms with Crippen molar-refractivity contribution in [3.63, 3.8) is 0 Å². The summed E-state index contributed by atoms with van der Waals surface area (Å²) in [5.74, 6) is 1.46. The van der Waals surface area contributed by atoms with E-state index in [4.69, 9.17) is 9.90 Å². The molecule has 7 heteroatoms. The van der Waals surface area contributed by atoms with Crippen molar-refractivity contribution in [1.82, 2.24) is 15.3 Å². The molecule has 27 heavy (non-hydrogen) atoms. The van der Waals surface area contributed by atoms with Crippen LogP contribution in [0, 0.1) is 0 Å². The van der Waals surface area contributed by atoms with Crippen LogP contribution in [0.25, 0.3) is 11.3 Å². The molecular formula is C20H24N4O3. The summed E-state index contributed by atoms with van der Waals surface area (Å²) in [7, 11) is 0. The van der Waals surface area contributed by atoms with Crippen molar-refractivity contribution in [2.45, 2.75) is 31.6 Å². The van der Waals surface area contributed by atoms with Crippen LogP contribution in [0.4, 0.5) is 5.82 Å². The zero-order chi connectivity index (χ0) is 19.1. The molecule has 1 unspecified atom stereocenters. The summed E-state index contributed by atoms with van der Waals surface area (Å²) >= 11 is 0. The second-order valence-corrected chi connectivity index (χ2v) is 6.74. The fraction of sp³-hybridized carbons (Fsp3) is 0.400. The summed E-state index contributed by atoms with van der Waals surface area (Å²) in [5, 5.41) is 9.78. The molecule has 1 aromatic heterocycles. The number of nitrogens with one attached hydrogen (secondary N) is 1. The van der Waals surface area contributed by atoms with Crippen molar-refractivity contribution < 1.29 is 14.7 Å². The second kappa shape index (κ2) is 9.12. The van der Waals surface area contributed by atoms with Crippen molar-refractivity contribution in [2.24, 2.45) is 0 Å². The Bertz CT molecular complexity index is 773. The Labute approximate surface area is 158 Å². The lowest BCUT2D eigenvalue weighted by Gasteiger charge is -2.27. The summed E-state index contributed by atoms with van der Waals surface area (Å²) in [4.78, 5) is 31.0. The lowest BCUT2D eigenvalue weighted by Crippen LogP contribution is -2.30. The molecule has 4 rings (SSSR count). The number of anilines is 1. The first-order valence-corrected chi connectivity index (χ1v) is 9.23. The minimum atomic E-state index is -0.250. The van der Waals surface area contributed by atoms with Crippen LogP contribution in [0.5, 0.6) is 0 Å². The first-order chi connectivity index (χ1) is 13.2. The van der Waals surface area contributed by atoms with E-state index in [0.29, 0.717) is 12.3 Å². The molecule has 1 atom stereocenters. The molecule has 0 radical (unpaired) electrons. The summed E-state index contributed by atoms with van der Waals surface area (Å²) < 4.78 is 0. The Morgan fingerprint density at radius 3 is 2.44 bits per heavy atom. The number of carbonyl (C=O) groups is 2. The summed E-state index contributed by atoms with van der Waals surface area (Å²) in [6, 6.07) is 10.5. The Kier molecular flexibility index (Phi) is 6.35. The van der Waals surface area contributed by atoms with E-state index in [1.54, 1.807) is 6.33 Å². The average molecular weight is 368 g/mol. The number of hydrogen-bond acceptors (Lipinski definition) is 5. The van der Waals surface area contributed by atoms with Crippen molar-refractivity contribution in [1.29, 1.82) is 0 Å². The average Bonchev–Trinajstić information content (AvgIpc) is 3.16.